The van der Waals surface area contributed by atoms with Gasteiger partial charge in [0.15, 0.2) is 0 Å². The molecule has 0 saturated carbocycles. The number of fused-ring (bicyclic) bond motifs is 1. The van der Waals surface area contributed by atoms with Gasteiger partial charge in [0.25, 0.3) is 17.7 Å². The lowest BCUT2D eigenvalue weighted by Gasteiger charge is -2.10. The Balaban J connectivity index is 1.48. The van der Waals surface area contributed by atoms with Crippen LogP contribution >= 0.6 is 11.3 Å². The fraction of sp³-hybridized carbons (Fsp3) is 0.105. The number of benzene rings is 2. The van der Waals surface area contributed by atoms with Crippen LogP contribution < -0.4 is 10.1 Å². The van der Waals surface area contributed by atoms with E-state index in [-0.39, 0.29) is 29.4 Å². The van der Waals surface area contributed by atoms with Crippen LogP contribution in [0.2, 0.25) is 0 Å². The first-order chi connectivity index (χ1) is 13.6. The van der Waals surface area contributed by atoms with Crippen LogP contribution in [-0.4, -0.2) is 39.9 Å². The molecule has 1 N–H and O–H groups in total. The molecule has 1 aliphatic heterocycles. The highest BCUT2D eigenvalue weighted by atomic mass is 32.1. The number of carbonyl (C=O) groups excluding carboxylic acids is 3. The SMILES string of the molecule is COc1ccccc1C(=O)Nc1nnc(CN2C(=O)c3ccccc3C2=O)s1. The topological polar surface area (TPSA) is 101 Å². The van der Waals surface area contributed by atoms with Crippen LogP contribution in [0.25, 0.3) is 0 Å². The second-order valence-electron chi connectivity index (χ2n) is 5.90. The fourth-order valence-electron chi connectivity index (χ4n) is 2.88. The summed E-state index contributed by atoms with van der Waals surface area (Å²) in [5, 5.41) is 11.3. The Morgan fingerprint density at radius 3 is 2.36 bits per heavy atom. The number of rotatable bonds is 5. The van der Waals surface area contributed by atoms with Gasteiger partial charge < -0.3 is 4.74 Å². The van der Waals surface area contributed by atoms with Crippen molar-refractivity contribution in [1.82, 2.24) is 15.1 Å². The summed E-state index contributed by atoms with van der Waals surface area (Å²) in [5.74, 6) is -0.678. The molecular weight excluding hydrogens is 380 g/mol. The minimum absolute atomic E-state index is 0.00541. The Labute approximate surface area is 163 Å². The molecule has 0 bridgehead atoms. The van der Waals surface area contributed by atoms with Gasteiger partial charge in [0, 0.05) is 0 Å². The Morgan fingerprint density at radius 1 is 1.04 bits per heavy atom. The van der Waals surface area contributed by atoms with E-state index in [1.54, 1.807) is 48.5 Å². The van der Waals surface area contributed by atoms with Crippen LogP contribution in [-0.2, 0) is 6.54 Å². The monoisotopic (exact) mass is 394 g/mol. The van der Waals surface area contributed by atoms with Gasteiger partial charge >= 0.3 is 0 Å². The Hall–Kier alpha value is -3.59. The van der Waals surface area contributed by atoms with Crippen LogP contribution in [0.4, 0.5) is 5.13 Å². The van der Waals surface area contributed by atoms with Crippen molar-refractivity contribution in [3.05, 3.63) is 70.2 Å². The lowest BCUT2D eigenvalue weighted by Crippen LogP contribution is -2.29. The van der Waals surface area contributed by atoms with Gasteiger partial charge in [0.2, 0.25) is 5.13 Å². The third-order valence-corrected chi connectivity index (χ3v) is 5.03. The first kappa shape index (κ1) is 17.8. The third kappa shape index (κ3) is 3.12. The molecule has 3 amide bonds. The minimum Gasteiger partial charge on any atom is -0.496 e. The number of methoxy groups -OCH3 is 1. The van der Waals surface area contributed by atoms with Gasteiger partial charge in [0.1, 0.15) is 10.8 Å². The predicted octanol–water partition coefficient (Wildman–Crippen LogP) is 2.60. The molecule has 4 rings (SSSR count). The Kier molecular flexibility index (Phi) is 4.58. The number of nitrogens with zero attached hydrogens (tertiary/aromatic N) is 3. The maximum atomic E-state index is 12.4. The molecule has 2 aromatic carbocycles. The minimum atomic E-state index is -0.388. The van der Waals surface area contributed by atoms with Gasteiger partial charge in [-0.1, -0.05) is 35.6 Å². The van der Waals surface area contributed by atoms with E-state index in [4.69, 9.17) is 4.74 Å². The number of hydrogen-bond donors (Lipinski definition) is 1. The molecule has 140 valence electrons. The van der Waals surface area contributed by atoms with E-state index < -0.39 is 0 Å². The average molecular weight is 394 g/mol. The second-order valence-corrected chi connectivity index (χ2v) is 6.96. The van der Waals surface area contributed by atoms with E-state index >= 15 is 0 Å². The summed E-state index contributed by atoms with van der Waals surface area (Å²) in [6.07, 6.45) is 0. The zero-order valence-corrected chi connectivity index (χ0v) is 15.5. The molecule has 0 fully saturated rings. The summed E-state index contributed by atoms with van der Waals surface area (Å²) in [6.45, 7) is -0.00541. The molecule has 9 heteroatoms. The normalized spacial score (nSPS) is 12.8. The molecule has 1 aromatic heterocycles. The highest BCUT2D eigenvalue weighted by Crippen LogP contribution is 2.26. The molecule has 0 spiro atoms. The third-order valence-electron chi connectivity index (χ3n) is 4.21. The smallest absolute Gasteiger partial charge is 0.261 e. The molecule has 1 aliphatic rings. The molecule has 2 heterocycles. The van der Waals surface area contributed by atoms with E-state index in [0.29, 0.717) is 27.4 Å². The molecule has 8 nitrogen and oxygen atoms in total. The first-order valence-corrected chi connectivity index (χ1v) is 9.12. The molecular formula is C19H14N4O4S. The number of nitrogens with one attached hydrogen (secondary N) is 1. The highest BCUT2D eigenvalue weighted by molar-refractivity contribution is 7.15. The molecule has 0 saturated heterocycles. The van der Waals surface area contributed by atoms with Crippen molar-refractivity contribution >= 4 is 34.2 Å². The maximum Gasteiger partial charge on any atom is 0.261 e. The molecule has 0 unspecified atom stereocenters. The van der Waals surface area contributed by atoms with E-state index in [0.717, 1.165) is 16.2 Å². The number of hydrogen-bond acceptors (Lipinski definition) is 7. The summed E-state index contributed by atoms with van der Waals surface area (Å²) >= 11 is 1.10. The number of imide groups is 1. The summed E-state index contributed by atoms with van der Waals surface area (Å²) < 4.78 is 5.18. The van der Waals surface area contributed by atoms with Gasteiger partial charge in [-0.15, -0.1) is 10.2 Å². The van der Waals surface area contributed by atoms with Gasteiger partial charge in [0.05, 0.1) is 30.3 Å². The van der Waals surface area contributed by atoms with E-state index in [2.05, 4.69) is 15.5 Å². The first-order valence-electron chi connectivity index (χ1n) is 8.30. The number of ether oxygens (including phenoxy) is 1. The van der Waals surface area contributed by atoms with Gasteiger partial charge in [-0.2, -0.15) is 0 Å². The van der Waals surface area contributed by atoms with Crippen molar-refractivity contribution in [2.24, 2.45) is 0 Å². The summed E-state index contributed by atoms with van der Waals surface area (Å²) in [6, 6.07) is 13.5. The van der Waals surface area contributed by atoms with Crippen molar-refractivity contribution < 1.29 is 19.1 Å². The van der Waals surface area contributed by atoms with Crippen LogP contribution in [0.3, 0.4) is 0 Å². The molecule has 0 radical (unpaired) electrons. The van der Waals surface area contributed by atoms with E-state index in [1.165, 1.54) is 7.11 Å². The summed E-state index contributed by atoms with van der Waals surface area (Å²) in [7, 11) is 1.48. The Morgan fingerprint density at radius 2 is 1.68 bits per heavy atom. The fourth-order valence-corrected chi connectivity index (χ4v) is 3.61. The number of amides is 3. The molecule has 28 heavy (non-hydrogen) atoms. The van der Waals surface area contributed by atoms with Crippen molar-refractivity contribution in [3.63, 3.8) is 0 Å². The number of aromatic nitrogens is 2. The van der Waals surface area contributed by atoms with Crippen LogP contribution in [0, 0.1) is 0 Å². The zero-order valence-electron chi connectivity index (χ0n) is 14.7. The van der Waals surface area contributed by atoms with Crippen LogP contribution in [0.1, 0.15) is 36.1 Å². The standard InChI is InChI=1S/C19H14N4O4S/c1-27-14-9-5-4-8-13(14)16(24)20-19-22-21-15(28-19)10-23-17(25)11-6-2-3-7-12(11)18(23)26/h2-9H,10H2,1H3,(H,20,22,24). The number of anilines is 1. The predicted molar refractivity (Wildman–Crippen MR) is 102 cm³/mol. The number of carbonyl (C=O) groups is 3. The lowest BCUT2D eigenvalue weighted by molar-refractivity contribution is 0.0641. The largest absolute Gasteiger partial charge is 0.496 e. The second kappa shape index (κ2) is 7.20. The summed E-state index contributed by atoms with van der Waals surface area (Å²) in [5.41, 5.74) is 1.12. The van der Waals surface area contributed by atoms with Gasteiger partial charge in [-0.25, -0.2) is 0 Å². The van der Waals surface area contributed by atoms with Crippen molar-refractivity contribution in [2.45, 2.75) is 6.54 Å². The van der Waals surface area contributed by atoms with E-state index in [1.807, 2.05) is 0 Å². The summed E-state index contributed by atoms with van der Waals surface area (Å²) in [4.78, 5) is 38.4. The van der Waals surface area contributed by atoms with E-state index in [9.17, 15) is 14.4 Å². The highest BCUT2D eigenvalue weighted by Gasteiger charge is 2.35. The van der Waals surface area contributed by atoms with Crippen molar-refractivity contribution in [2.75, 3.05) is 12.4 Å². The van der Waals surface area contributed by atoms with Gasteiger partial charge in [-0.3, -0.25) is 24.6 Å². The van der Waals surface area contributed by atoms with Crippen molar-refractivity contribution in [1.29, 1.82) is 0 Å². The molecule has 0 aliphatic carbocycles. The van der Waals surface area contributed by atoms with Crippen LogP contribution in [0.5, 0.6) is 5.75 Å². The lowest BCUT2D eigenvalue weighted by atomic mass is 10.1. The zero-order chi connectivity index (χ0) is 19.7. The van der Waals surface area contributed by atoms with Crippen molar-refractivity contribution in [3.8, 4) is 5.75 Å². The molecule has 0 atom stereocenters. The molecule has 3 aromatic rings. The average Bonchev–Trinajstić information content (AvgIpc) is 3.26. The quantitative estimate of drug-likeness (QED) is 0.668. The van der Waals surface area contributed by atoms with Gasteiger partial charge in [-0.05, 0) is 24.3 Å². The maximum absolute atomic E-state index is 12.4. The number of para-hydroxylation sites is 1. The Bertz CT molecular complexity index is 1060. The van der Waals surface area contributed by atoms with Crippen LogP contribution in [0.15, 0.2) is 48.5 Å².